The second kappa shape index (κ2) is 9.65. The fourth-order valence-corrected chi connectivity index (χ4v) is 5.75. The van der Waals surface area contributed by atoms with Crippen LogP contribution in [-0.4, -0.2) is 37.1 Å². The molecule has 0 saturated carbocycles. The van der Waals surface area contributed by atoms with Crippen molar-refractivity contribution in [3.63, 3.8) is 0 Å². The summed E-state index contributed by atoms with van der Waals surface area (Å²) < 4.78 is 28.2. The van der Waals surface area contributed by atoms with E-state index in [2.05, 4.69) is 0 Å². The zero-order valence-electron chi connectivity index (χ0n) is 17.4. The quantitative estimate of drug-likeness (QED) is 0.443. The number of amides is 2. The Morgan fingerprint density at radius 3 is 2.24 bits per heavy atom. The average Bonchev–Trinajstić information content (AvgIpc) is 3.09. The first-order chi connectivity index (χ1) is 15.8. The number of carbonyl (C=O) groups is 2. The Morgan fingerprint density at radius 1 is 0.879 bits per heavy atom. The third-order valence-electron chi connectivity index (χ3n) is 5.41. The van der Waals surface area contributed by atoms with Gasteiger partial charge in [-0.15, -0.1) is 0 Å². The van der Waals surface area contributed by atoms with E-state index in [1.54, 1.807) is 60.7 Å². The molecule has 2 amide bonds. The molecule has 1 saturated heterocycles. The average molecular weight is 503 g/mol. The Morgan fingerprint density at radius 2 is 1.58 bits per heavy atom. The van der Waals surface area contributed by atoms with Crippen LogP contribution >= 0.6 is 23.2 Å². The summed E-state index contributed by atoms with van der Waals surface area (Å²) in [5.41, 5.74) is 1.17. The molecule has 0 aromatic heterocycles. The molecular formula is C24H20Cl2N2O4S. The van der Waals surface area contributed by atoms with Crippen molar-refractivity contribution in [1.82, 2.24) is 4.31 Å². The molecule has 170 valence electrons. The van der Waals surface area contributed by atoms with Crippen molar-refractivity contribution in [2.24, 2.45) is 0 Å². The summed E-state index contributed by atoms with van der Waals surface area (Å²) in [5.74, 6) is -1.06. The standard InChI is InChI=1S/C24H20Cl2N2O4S/c25-18-9-11-20(12-10-18)28-23(29)16-22(24(28)30)27(14-13-17-5-4-6-19(26)15-17)33(31,32)21-7-2-1-3-8-21/h1-12,15,22H,13-14,16H2. The molecule has 1 fully saturated rings. The van der Waals surface area contributed by atoms with Crippen LogP contribution in [0.3, 0.4) is 0 Å². The molecule has 33 heavy (non-hydrogen) atoms. The summed E-state index contributed by atoms with van der Waals surface area (Å²) in [6.45, 7) is 0.00964. The minimum atomic E-state index is -4.05. The zero-order valence-corrected chi connectivity index (χ0v) is 19.7. The number of hydrogen-bond donors (Lipinski definition) is 0. The summed E-state index contributed by atoms with van der Waals surface area (Å²) in [5, 5.41) is 0.996. The molecule has 9 heteroatoms. The van der Waals surface area contributed by atoms with Crippen molar-refractivity contribution < 1.29 is 18.0 Å². The number of halogens is 2. The van der Waals surface area contributed by atoms with Crippen LogP contribution in [0.15, 0.2) is 83.8 Å². The Bertz CT molecular complexity index is 1280. The minimum Gasteiger partial charge on any atom is -0.274 e. The lowest BCUT2D eigenvalue weighted by atomic mass is 10.1. The van der Waals surface area contributed by atoms with Crippen LogP contribution in [0.25, 0.3) is 0 Å². The Balaban J connectivity index is 1.68. The highest BCUT2D eigenvalue weighted by atomic mass is 35.5. The lowest BCUT2D eigenvalue weighted by Crippen LogP contribution is -2.46. The highest BCUT2D eigenvalue weighted by Crippen LogP contribution is 2.30. The first kappa shape index (κ1) is 23.4. The van der Waals surface area contributed by atoms with E-state index < -0.39 is 27.9 Å². The Kier molecular flexibility index (Phi) is 6.86. The first-order valence-electron chi connectivity index (χ1n) is 10.2. The maximum atomic E-state index is 13.5. The largest absolute Gasteiger partial charge is 0.274 e. The number of imide groups is 1. The molecule has 0 radical (unpaired) electrons. The fourth-order valence-electron chi connectivity index (χ4n) is 3.81. The van der Waals surface area contributed by atoms with Crippen LogP contribution in [0.1, 0.15) is 12.0 Å². The smallest absolute Gasteiger partial charge is 0.252 e. The van der Waals surface area contributed by atoms with Gasteiger partial charge in [0.2, 0.25) is 15.9 Å². The van der Waals surface area contributed by atoms with Gasteiger partial charge < -0.3 is 0 Å². The van der Waals surface area contributed by atoms with Crippen molar-refractivity contribution >= 4 is 50.7 Å². The van der Waals surface area contributed by atoms with Gasteiger partial charge in [-0.3, -0.25) is 9.59 Å². The van der Waals surface area contributed by atoms with Crippen molar-refractivity contribution in [1.29, 1.82) is 0 Å². The van der Waals surface area contributed by atoms with Gasteiger partial charge in [0.05, 0.1) is 17.0 Å². The second-order valence-electron chi connectivity index (χ2n) is 7.57. The van der Waals surface area contributed by atoms with E-state index in [9.17, 15) is 18.0 Å². The van der Waals surface area contributed by atoms with E-state index in [4.69, 9.17) is 23.2 Å². The number of benzene rings is 3. The fraction of sp³-hybridized carbons (Fsp3) is 0.167. The molecule has 0 N–H and O–H groups in total. The van der Waals surface area contributed by atoms with E-state index in [1.807, 2.05) is 6.07 Å². The normalized spacial score (nSPS) is 16.6. The van der Waals surface area contributed by atoms with Gasteiger partial charge in [-0.25, -0.2) is 13.3 Å². The van der Waals surface area contributed by atoms with Crippen molar-refractivity contribution in [2.45, 2.75) is 23.8 Å². The molecule has 1 atom stereocenters. The van der Waals surface area contributed by atoms with Crippen LogP contribution < -0.4 is 4.90 Å². The van der Waals surface area contributed by atoms with Gasteiger partial charge in [0, 0.05) is 16.6 Å². The maximum absolute atomic E-state index is 13.5. The number of anilines is 1. The van der Waals surface area contributed by atoms with Gasteiger partial charge in [0.15, 0.2) is 0 Å². The van der Waals surface area contributed by atoms with E-state index >= 15 is 0 Å². The van der Waals surface area contributed by atoms with Crippen LogP contribution in [0.4, 0.5) is 5.69 Å². The van der Waals surface area contributed by atoms with Crippen molar-refractivity contribution in [3.8, 4) is 0 Å². The van der Waals surface area contributed by atoms with E-state index in [0.717, 1.165) is 14.8 Å². The molecule has 1 aliphatic rings. The summed E-state index contributed by atoms with van der Waals surface area (Å²) in [7, 11) is -4.05. The zero-order chi connectivity index (χ0) is 23.6. The third-order valence-corrected chi connectivity index (χ3v) is 7.82. The summed E-state index contributed by atoms with van der Waals surface area (Å²) >= 11 is 12.0. The summed E-state index contributed by atoms with van der Waals surface area (Å²) in [6.07, 6.45) is 0.0780. The number of carbonyl (C=O) groups excluding carboxylic acids is 2. The molecule has 0 spiro atoms. The summed E-state index contributed by atoms with van der Waals surface area (Å²) in [6, 6.07) is 20.1. The first-order valence-corrected chi connectivity index (χ1v) is 12.4. The van der Waals surface area contributed by atoms with Gasteiger partial charge in [-0.05, 0) is 60.5 Å². The molecule has 1 heterocycles. The van der Waals surface area contributed by atoms with Crippen LogP contribution in [0.5, 0.6) is 0 Å². The molecule has 3 aromatic carbocycles. The lowest BCUT2D eigenvalue weighted by Gasteiger charge is -2.27. The van der Waals surface area contributed by atoms with Gasteiger partial charge in [0.25, 0.3) is 5.91 Å². The van der Waals surface area contributed by atoms with Crippen LogP contribution in [-0.2, 0) is 26.0 Å². The Labute approximate surface area is 202 Å². The van der Waals surface area contributed by atoms with E-state index in [0.29, 0.717) is 22.2 Å². The van der Waals surface area contributed by atoms with Crippen molar-refractivity contribution in [2.75, 3.05) is 11.4 Å². The predicted molar refractivity (Wildman–Crippen MR) is 128 cm³/mol. The van der Waals surface area contributed by atoms with Gasteiger partial charge in [-0.1, -0.05) is 53.5 Å². The molecule has 0 bridgehead atoms. The topological polar surface area (TPSA) is 74.8 Å². The highest BCUT2D eigenvalue weighted by molar-refractivity contribution is 7.89. The lowest BCUT2D eigenvalue weighted by molar-refractivity contribution is -0.122. The SMILES string of the molecule is O=C1CC(N(CCc2cccc(Cl)c2)S(=O)(=O)c2ccccc2)C(=O)N1c1ccc(Cl)cc1. The highest BCUT2D eigenvalue weighted by Gasteiger charge is 2.46. The molecular weight excluding hydrogens is 483 g/mol. The second-order valence-corrected chi connectivity index (χ2v) is 10.3. The van der Waals surface area contributed by atoms with E-state index in [1.165, 1.54) is 12.1 Å². The van der Waals surface area contributed by atoms with Crippen LogP contribution in [0, 0.1) is 0 Å². The minimum absolute atomic E-state index is 0.00964. The summed E-state index contributed by atoms with van der Waals surface area (Å²) in [4.78, 5) is 27.2. The number of sulfonamides is 1. The third kappa shape index (κ3) is 4.96. The molecule has 0 aliphatic carbocycles. The molecule has 1 unspecified atom stereocenters. The number of rotatable bonds is 7. The maximum Gasteiger partial charge on any atom is 0.252 e. The van der Waals surface area contributed by atoms with Crippen molar-refractivity contribution in [3.05, 3.63) is 94.5 Å². The van der Waals surface area contributed by atoms with E-state index in [-0.39, 0.29) is 17.9 Å². The molecule has 1 aliphatic heterocycles. The Hall–Kier alpha value is -2.71. The van der Waals surface area contributed by atoms with Gasteiger partial charge in [0.1, 0.15) is 6.04 Å². The molecule has 4 rings (SSSR count). The molecule has 3 aromatic rings. The van der Waals surface area contributed by atoms with Gasteiger partial charge in [-0.2, -0.15) is 4.31 Å². The van der Waals surface area contributed by atoms with Crippen LogP contribution in [0.2, 0.25) is 10.0 Å². The number of hydrogen-bond acceptors (Lipinski definition) is 4. The monoisotopic (exact) mass is 502 g/mol. The molecule has 6 nitrogen and oxygen atoms in total. The van der Waals surface area contributed by atoms with Gasteiger partial charge >= 0.3 is 0 Å². The predicted octanol–water partition coefficient (Wildman–Crippen LogP) is 4.56. The number of nitrogens with zero attached hydrogens (tertiary/aromatic N) is 2.